The lowest BCUT2D eigenvalue weighted by molar-refractivity contribution is 0.584. The van der Waals surface area contributed by atoms with Crippen LogP contribution in [0.1, 0.15) is 24.5 Å². The largest absolute Gasteiger partial charge is 0.357 e. The number of halogens is 1. The van der Waals surface area contributed by atoms with Crippen LogP contribution in [0.25, 0.3) is 0 Å². The summed E-state index contributed by atoms with van der Waals surface area (Å²) in [5.41, 5.74) is 2.39. The van der Waals surface area contributed by atoms with Crippen molar-refractivity contribution in [3.05, 3.63) is 35.4 Å². The smallest absolute Gasteiger partial charge is 0.208 e. The van der Waals surface area contributed by atoms with Crippen molar-refractivity contribution in [2.45, 2.75) is 26.8 Å². The molecule has 0 aliphatic carbocycles. The van der Waals surface area contributed by atoms with Crippen molar-refractivity contribution in [3.8, 4) is 0 Å². The summed E-state index contributed by atoms with van der Waals surface area (Å²) in [6, 6.07) is 8.28. The summed E-state index contributed by atoms with van der Waals surface area (Å²) in [4.78, 5) is 4.52. The van der Waals surface area contributed by atoms with Crippen LogP contribution in [-0.2, 0) is 16.6 Å². The van der Waals surface area contributed by atoms with Crippen LogP contribution in [0, 0.1) is 6.92 Å². The average Bonchev–Trinajstić information content (AvgIpc) is 2.44. The highest BCUT2D eigenvalue weighted by Gasteiger charge is 2.00. The average molecular weight is 454 g/mol. The van der Waals surface area contributed by atoms with Gasteiger partial charge in [0.05, 0.1) is 12.8 Å². The fourth-order valence-corrected chi connectivity index (χ4v) is 2.27. The van der Waals surface area contributed by atoms with E-state index < -0.39 is 10.0 Å². The van der Waals surface area contributed by atoms with Gasteiger partial charge in [0.1, 0.15) is 0 Å². The molecule has 0 unspecified atom stereocenters. The first-order valence-corrected chi connectivity index (χ1v) is 9.32. The van der Waals surface area contributed by atoms with Gasteiger partial charge in [0.15, 0.2) is 5.96 Å². The van der Waals surface area contributed by atoms with Crippen LogP contribution in [-0.4, -0.2) is 40.3 Å². The van der Waals surface area contributed by atoms with Gasteiger partial charge in [-0.1, -0.05) is 29.8 Å². The number of hydrogen-bond donors (Lipinski definition) is 3. The summed E-state index contributed by atoms with van der Waals surface area (Å²) in [5, 5.41) is 6.36. The molecular formula is C15H27IN4O2S. The zero-order valence-corrected chi connectivity index (χ0v) is 17.1. The third-order valence-electron chi connectivity index (χ3n) is 2.89. The molecule has 0 aliphatic heterocycles. The molecule has 132 valence electrons. The molecule has 0 aliphatic rings. The molecule has 0 amide bonds. The Kier molecular flexibility index (Phi) is 11.2. The van der Waals surface area contributed by atoms with Crippen LogP contribution in [0.4, 0.5) is 0 Å². The molecule has 1 aromatic rings. The van der Waals surface area contributed by atoms with Gasteiger partial charge in [-0.25, -0.2) is 18.1 Å². The summed E-state index contributed by atoms with van der Waals surface area (Å²) in [5.74, 6) is 0.738. The van der Waals surface area contributed by atoms with Gasteiger partial charge in [0.25, 0.3) is 0 Å². The Morgan fingerprint density at radius 1 is 1.13 bits per heavy atom. The number of aliphatic imine (C=N–C) groups is 1. The van der Waals surface area contributed by atoms with E-state index in [2.05, 4.69) is 51.5 Å². The van der Waals surface area contributed by atoms with Crippen molar-refractivity contribution < 1.29 is 8.42 Å². The Bertz CT molecular complexity index is 574. The van der Waals surface area contributed by atoms with Crippen molar-refractivity contribution in [1.82, 2.24) is 15.4 Å². The molecule has 23 heavy (non-hydrogen) atoms. The van der Waals surface area contributed by atoms with Gasteiger partial charge in [0.2, 0.25) is 10.0 Å². The highest BCUT2D eigenvalue weighted by molar-refractivity contribution is 14.0. The summed E-state index contributed by atoms with van der Waals surface area (Å²) in [6.07, 6.45) is 1.86. The summed E-state index contributed by atoms with van der Waals surface area (Å²) in [7, 11) is -3.11. The number of benzene rings is 1. The van der Waals surface area contributed by atoms with Crippen LogP contribution in [0.3, 0.4) is 0 Å². The van der Waals surface area contributed by atoms with Crippen LogP contribution < -0.4 is 15.4 Å². The van der Waals surface area contributed by atoms with E-state index in [4.69, 9.17) is 0 Å². The maximum Gasteiger partial charge on any atom is 0.208 e. The van der Waals surface area contributed by atoms with Crippen molar-refractivity contribution >= 4 is 40.0 Å². The predicted molar refractivity (Wildman–Crippen MR) is 107 cm³/mol. The Balaban J connectivity index is 0.00000484. The summed E-state index contributed by atoms with van der Waals surface area (Å²) in [6.45, 7) is 6.53. The maximum absolute atomic E-state index is 10.9. The van der Waals surface area contributed by atoms with E-state index in [0.29, 0.717) is 26.1 Å². The number of guanidine groups is 1. The Morgan fingerprint density at radius 3 is 2.35 bits per heavy atom. The van der Waals surface area contributed by atoms with Gasteiger partial charge in [0, 0.05) is 19.6 Å². The molecular weight excluding hydrogens is 427 g/mol. The second-order valence-electron chi connectivity index (χ2n) is 5.13. The number of nitrogens with zero attached hydrogens (tertiary/aromatic N) is 1. The lowest BCUT2D eigenvalue weighted by Crippen LogP contribution is -2.38. The fraction of sp³-hybridized carbons (Fsp3) is 0.533. The van der Waals surface area contributed by atoms with E-state index in [1.165, 1.54) is 5.56 Å². The molecule has 0 atom stereocenters. The molecule has 0 spiro atoms. The Labute approximate surface area is 156 Å². The van der Waals surface area contributed by atoms with Gasteiger partial charge >= 0.3 is 0 Å². The molecule has 0 saturated heterocycles. The highest BCUT2D eigenvalue weighted by Crippen LogP contribution is 2.04. The third-order valence-corrected chi connectivity index (χ3v) is 3.62. The number of hydrogen-bond acceptors (Lipinski definition) is 3. The predicted octanol–water partition coefficient (Wildman–Crippen LogP) is 1.61. The summed E-state index contributed by atoms with van der Waals surface area (Å²) < 4.78 is 24.4. The maximum atomic E-state index is 10.9. The fourth-order valence-electron chi connectivity index (χ4n) is 1.76. The molecule has 8 heteroatoms. The number of aryl methyl sites for hydroxylation is 1. The lowest BCUT2D eigenvalue weighted by atomic mass is 10.1. The molecule has 0 heterocycles. The normalized spacial score (nSPS) is 11.7. The monoisotopic (exact) mass is 454 g/mol. The number of rotatable bonds is 8. The SMILES string of the molecule is CCNC(=NCc1ccc(C)cc1)NCCCNS(C)(=O)=O.I. The van der Waals surface area contributed by atoms with Crippen LogP contribution in [0.2, 0.25) is 0 Å². The molecule has 1 rings (SSSR count). The molecule has 0 saturated carbocycles. The molecule has 0 radical (unpaired) electrons. The minimum atomic E-state index is -3.11. The van der Waals surface area contributed by atoms with Gasteiger partial charge in [-0.15, -0.1) is 24.0 Å². The second kappa shape index (κ2) is 11.6. The van der Waals surface area contributed by atoms with Crippen molar-refractivity contribution in [3.63, 3.8) is 0 Å². The van der Waals surface area contributed by atoms with E-state index in [0.717, 1.165) is 24.3 Å². The highest BCUT2D eigenvalue weighted by atomic mass is 127. The molecule has 3 N–H and O–H groups in total. The number of nitrogens with one attached hydrogen (secondary N) is 3. The topological polar surface area (TPSA) is 82.6 Å². The van der Waals surface area contributed by atoms with Gasteiger partial charge < -0.3 is 10.6 Å². The quantitative estimate of drug-likeness (QED) is 0.241. The molecule has 0 fully saturated rings. The first-order chi connectivity index (χ1) is 10.4. The second-order valence-corrected chi connectivity index (χ2v) is 6.96. The third kappa shape index (κ3) is 11.3. The first kappa shape index (κ1) is 22.1. The Morgan fingerprint density at radius 2 is 1.78 bits per heavy atom. The van der Waals surface area contributed by atoms with Crippen molar-refractivity contribution in [2.24, 2.45) is 4.99 Å². The van der Waals surface area contributed by atoms with Gasteiger partial charge in [-0.2, -0.15) is 0 Å². The minimum Gasteiger partial charge on any atom is -0.357 e. The standard InChI is InChI=1S/C15H26N4O2S.HI/c1-4-16-15(17-10-5-11-19-22(3,20)21)18-12-14-8-6-13(2)7-9-14;/h6-9,19H,4-5,10-12H2,1-3H3,(H2,16,17,18);1H. The molecule has 0 aromatic heterocycles. The van der Waals surface area contributed by atoms with Crippen molar-refractivity contribution in [2.75, 3.05) is 25.9 Å². The van der Waals surface area contributed by atoms with Crippen LogP contribution in [0.15, 0.2) is 29.3 Å². The molecule has 1 aromatic carbocycles. The molecule has 6 nitrogen and oxygen atoms in total. The summed E-state index contributed by atoms with van der Waals surface area (Å²) >= 11 is 0. The van der Waals surface area contributed by atoms with Gasteiger partial charge in [-0.3, -0.25) is 0 Å². The van der Waals surface area contributed by atoms with E-state index in [1.54, 1.807) is 0 Å². The first-order valence-electron chi connectivity index (χ1n) is 7.43. The van der Waals surface area contributed by atoms with E-state index in [1.807, 2.05) is 6.92 Å². The van der Waals surface area contributed by atoms with Crippen molar-refractivity contribution in [1.29, 1.82) is 0 Å². The minimum absolute atomic E-state index is 0. The van der Waals surface area contributed by atoms with Crippen LogP contribution >= 0.6 is 24.0 Å². The Hall–Kier alpha value is -0.870. The van der Waals surface area contributed by atoms with Gasteiger partial charge in [-0.05, 0) is 25.8 Å². The molecule has 0 bridgehead atoms. The van der Waals surface area contributed by atoms with E-state index in [9.17, 15) is 8.42 Å². The van der Waals surface area contributed by atoms with E-state index in [-0.39, 0.29) is 24.0 Å². The zero-order chi connectivity index (χ0) is 16.4. The zero-order valence-electron chi connectivity index (χ0n) is 13.9. The van der Waals surface area contributed by atoms with E-state index >= 15 is 0 Å². The number of sulfonamides is 1. The van der Waals surface area contributed by atoms with Crippen LogP contribution in [0.5, 0.6) is 0 Å². The lowest BCUT2D eigenvalue weighted by Gasteiger charge is -2.11.